The van der Waals surface area contributed by atoms with Crippen molar-refractivity contribution in [3.05, 3.63) is 12.5 Å². The number of carbonyl (C=O) groups is 4. The van der Waals surface area contributed by atoms with E-state index in [1.807, 2.05) is 6.92 Å². The van der Waals surface area contributed by atoms with Crippen LogP contribution in [0.3, 0.4) is 0 Å². The van der Waals surface area contributed by atoms with Crippen LogP contribution in [0.5, 0.6) is 0 Å². The van der Waals surface area contributed by atoms with Crippen LogP contribution in [-0.2, 0) is 56.9 Å². The third-order valence-electron chi connectivity index (χ3n) is 5.99. The summed E-state index contributed by atoms with van der Waals surface area (Å²) in [5, 5.41) is 0. The molecule has 0 amide bonds. The molecule has 4 aliphatic rings. The quantitative estimate of drug-likeness (QED) is 0.226. The molecule has 212 valence electrons. The van der Waals surface area contributed by atoms with Crippen molar-refractivity contribution < 1.29 is 71.3 Å². The number of hydrogen-bond acceptors (Lipinski definition) is 15. The highest BCUT2D eigenvalue weighted by molar-refractivity contribution is 5.72. The van der Waals surface area contributed by atoms with Crippen molar-refractivity contribution in [3.8, 4) is 0 Å². The first kappa shape index (κ1) is 27.6. The maximum Gasteiger partial charge on any atom is 0.509 e. The number of ether oxygens (including phenoxy) is 11. The van der Waals surface area contributed by atoms with Crippen LogP contribution in [0.1, 0.15) is 26.2 Å². The zero-order valence-corrected chi connectivity index (χ0v) is 20.7. The summed E-state index contributed by atoms with van der Waals surface area (Å²) in [7, 11) is 0. The van der Waals surface area contributed by atoms with Crippen LogP contribution in [0.2, 0.25) is 0 Å². The molecule has 0 spiro atoms. The minimum absolute atomic E-state index is 0.00586. The first-order valence-electron chi connectivity index (χ1n) is 12.2. The summed E-state index contributed by atoms with van der Waals surface area (Å²) in [5.74, 6) is -0.472. The van der Waals surface area contributed by atoms with Gasteiger partial charge in [-0.25, -0.2) is 14.4 Å². The molecule has 7 atom stereocenters. The molecule has 15 nitrogen and oxygen atoms in total. The molecule has 0 bridgehead atoms. The van der Waals surface area contributed by atoms with Gasteiger partial charge in [0, 0.05) is 6.42 Å². The Bertz CT molecular complexity index is 890. The Morgan fingerprint density at radius 2 is 1.50 bits per heavy atom. The van der Waals surface area contributed by atoms with Crippen LogP contribution in [0.15, 0.2) is 12.5 Å². The van der Waals surface area contributed by atoms with E-state index in [1.54, 1.807) is 0 Å². The summed E-state index contributed by atoms with van der Waals surface area (Å²) in [5.41, 5.74) is 0. The van der Waals surface area contributed by atoms with Crippen molar-refractivity contribution in [2.75, 3.05) is 39.6 Å². The van der Waals surface area contributed by atoms with E-state index in [2.05, 4.69) is 6.58 Å². The van der Waals surface area contributed by atoms with Crippen molar-refractivity contribution in [2.45, 2.75) is 68.9 Å². The molecule has 0 aliphatic carbocycles. The van der Waals surface area contributed by atoms with Crippen LogP contribution in [0.4, 0.5) is 14.4 Å². The fraction of sp³-hybridized carbons (Fsp3) is 0.739. The fourth-order valence-corrected chi connectivity index (χ4v) is 4.10. The molecule has 4 saturated heterocycles. The van der Waals surface area contributed by atoms with E-state index < -0.39 is 61.1 Å². The average molecular weight is 546 g/mol. The van der Waals surface area contributed by atoms with Gasteiger partial charge in [-0.2, -0.15) is 0 Å². The molecule has 4 rings (SSSR count). The number of rotatable bonds is 14. The molecule has 4 fully saturated rings. The lowest BCUT2D eigenvalue weighted by molar-refractivity contribution is -0.153. The first-order chi connectivity index (χ1) is 18.3. The highest BCUT2D eigenvalue weighted by atomic mass is 16.8. The van der Waals surface area contributed by atoms with E-state index in [4.69, 9.17) is 52.1 Å². The van der Waals surface area contributed by atoms with Gasteiger partial charge in [-0.15, -0.1) is 0 Å². The minimum atomic E-state index is -0.940. The number of hydrogen-bond donors (Lipinski definition) is 0. The van der Waals surface area contributed by atoms with Gasteiger partial charge in [0.1, 0.15) is 44.2 Å². The van der Waals surface area contributed by atoms with Crippen molar-refractivity contribution in [2.24, 2.45) is 0 Å². The van der Waals surface area contributed by atoms with Gasteiger partial charge in [0.2, 0.25) is 0 Å². The Hall–Kier alpha value is -3.46. The molecule has 38 heavy (non-hydrogen) atoms. The van der Waals surface area contributed by atoms with Crippen LogP contribution >= 0.6 is 0 Å². The second kappa shape index (κ2) is 12.9. The lowest BCUT2D eigenvalue weighted by Crippen LogP contribution is -2.35. The normalized spacial score (nSPS) is 30.8. The molecule has 0 aromatic heterocycles. The second-order valence-electron chi connectivity index (χ2n) is 8.87. The maximum absolute atomic E-state index is 12.6. The molecular formula is C23H30O15. The van der Waals surface area contributed by atoms with Crippen molar-refractivity contribution >= 4 is 24.4 Å². The van der Waals surface area contributed by atoms with Gasteiger partial charge in [-0.1, -0.05) is 6.92 Å². The smallest absolute Gasteiger partial charge is 0.463 e. The van der Waals surface area contributed by atoms with Gasteiger partial charge in [0.25, 0.3) is 5.95 Å². The molecule has 15 heteroatoms. The number of cyclic esters (lactones) is 6. The summed E-state index contributed by atoms with van der Waals surface area (Å²) in [6.07, 6.45) is -6.77. The van der Waals surface area contributed by atoms with Crippen LogP contribution in [-0.4, -0.2) is 107 Å². The maximum atomic E-state index is 12.6. The highest BCUT2D eigenvalue weighted by Crippen LogP contribution is 2.29. The first-order valence-corrected chi connectivity index (χ1v) is 12.2. The molecule has 0 aromatic carbocycles. The third-order valence-corrected chi connectivity index (χ3v) is 5.99. The summed E-state index contributed by atoms with van der Waals surface area (Å²) < 4.78 is 57.3. The number of esters is 1. The third kappa shape index (κ3) is 7.77. The Morgan fingerprint density at radius 3 is 2.16 bits per heavy atom. The minimum Gasteiger partial charge on any atom is -0.463 e. The van der Waals surface area contributed by atoms with Crippen LogP contribution in [0, 0.1) is 0 Å². The molecule has 0 aromatic rings. The average Bonchev–Trinajstić information content (AvgIpc) is 3.64. The fourth-order valence-electron chi connectivity index (χ4n) is 4.10. The van der Waals surface area contributed by atoms with Crippen molar-refractivity contribution in [1.29, 1.82) is 0 Å². The van der Waals surface area contributed by atoms with E-state index in [1.165, 1.54) is 0 Å². The van der Waals surface area contributed by atoms with Crippen molar-refractivity contribution in [1.82, 2.24) is 0 Å². The van der Waals surface area contributed by atoms with E-state index in [-0.39, 0.29) is 57.9 Å². The molecule has 0 radical (unpaired) electrons. The van der Waals surface area contributed by atoms with E-state index in [9.17, 15) is 19.2 Å². The van der Waals surface area contributed by atoms with Gasteiger partial charge in [0.05, 0.1) is 26.2 Å². The number of carbonyl (C=O) groups excluding carboxylic acids is 4. The monoisotopic (exact) mass is 546 g/mol. The van der Waals surface area contributed by atoms with E-state index in [0.29, 0.717) is 13.0 Å². The van der Waals surface area contributed by atoms with Gasteiger partial charge in [0.15, 0.2) is 18.3 Å². The molecular weight excluding hydrogens is 516 g/mol. The largest absolute Gasteiger partial charge is 0.509 e. The molecule has 4 aliphatic heterocycles. The zero-order chi connectivity index (χ0) is 27.1. The summed E-state index contributed by atoms with van der Waals surface area (Å²) in [4.78, 5) is 46.9. The zero-order valence-electron chi connectivity index (χ0n) is 20.7. The second-order valence-corrected chi connectivity index (χ2v) is 8.87. The van der Waals surface area contributed by atoms with Gasteiger partial charge >= 0.3 is 24.4 Å². The predicted octanol–water partition coefficient (Wildman–Crippen LogP) is 1.35. The summed E-state index contributed by atoms with van der Waals surface area (Å²) in [6, 6.07) is 0. The van der Waals surface area contributed by atoms with Gasteiger partial charge in [-0.3, -0.25) is 4.79 Å². The molecule has 7 unspecified atom stereocenters. The Balaban J connectivity index is 1.24. The van der Waals surface area contributed by atoms with Gasteiger partial charge in [-0.05, 0) is 13.0 Å². The topological polar surface area (TPSA) is 170 Å². The Labute approximate surface area is 217 Å². The molecule has 0 N–H and O–H groups in total. The SMILES string of the molecule is C=C1OCC(COCC(COC(=O)CC2OC(=O)OC2CC2OC(=O)OC2CC)OCC2COC(=O)O2)O1. The lowest BCUT2D eigenvalue weighted by atomic mass is 10.00. The molecule has 0 saturated carbocycles. The van der Waals surface area contributed by atoms with E-state index in [0.717, 1.165) is 0 Å². The predicted molar refractivity (Wildman–Crippen MR) is 118 cm³/mol. The van der Waals surface area contributed by atoms with E-state index >= 15 is 0 Å². The Morgan fingerprint density at radius 1 is 0.842 bits per heavy atom. The molecule has 4 heterocycles. The van der Waals surface area contributed by atoms with Crippen LogP contribution < -0.4 is 0 Å². The van der Waals surface area contributed by atoms with Crippen molar-refractivity contribution in [3.63, 3.8) is 0 Å². The Kier molecular flexibility index (Phi) is 9.33. The standard InChI is InChI=1S/C23H30O15/c1-3-16-17(36-22(26)35-16)4-18-19(38-23(27)37-18)5-20(24)31-8-13(30-10-15-11-32-21(25)34-15)6-28-7-14-9-29-12(2)33-14/h13-19H,2-11H2,1H3. The summed E-state index contributed by atoms with van der Waals surface area (Å²) in [6.45, 7) is 5.72. The van der Waals surface area contributed by atoms with Crippen LogP contribution in [0.25, 0.3) is 0 Å². The summed E-state index contributed by atoms with van der Waals surface area (Å²) >= 11 is 0. The highest BCUT2D eigenvalue weighted by Gasteiger charge is 2.45. The van der Waals surface area contributed by atoms with Gasteiger partial charge < -0.3 is 52.1 Å². The lowest BCUT2D eigenvalue weighted by Gasteiger charge is -2.21.